The highest BCUT2D eigenvalue weighted by Crippen LogP contribution is 2.23. The van der Waals surface area contributed by atoms with Crippen LogP contribution in [0.2, 0.25) is 0 Å². The number of aromatic nitrogens is 2. The topological polar surface area (TPSA) is 73.6 Å². The van der Waals surface area contributed by atoms with E-state index in [4.69, 9.17) is 0 Å². The Labute approximate surface area is 131 Å². The van der Waals surface area contributed by atoms with Gasteiger partial charge in [0.25, 0.3) is 0 Å². The van der Waals surface area contributed by atoms with Crippen LogP contribution in [0.15, 0.2) is 12.4 Å². The molecule has 2 N–H and O–H groups in total. The Morgan fingerprint density at radius 3 is 2.86 bits per heavy atom. The molecule has 1 atom stereocenters. The molecule has 0 aromatic carbocycles. The summed E-state index contributed by atoms with van der Waals surface area (Å²) in [4.78, 5) is 16.2. The second-order valence-electron chi connectivity index (χ2n) is 6.54. The second-order valence-corrected chi connectivity index (χ2v) is 6.54. The van der Waals surface area contributed by atoms with Crippen molar-refractivity contribution in [1.29, 1.82) is 0 Å². The zero-order valence-electron chi connectivity index (χ0n) is 13.7. The highest BCUT2D eigenvalue weighted by molar-refractivity contribution is 5.91. The summed E-state index contributed by atoms with van der Waals surface area (Å²) in [6, 6.07) is 0. The molecular formula is C15H27N5O2. The molecule has 2 rings (SSSR count). The van der Waals surface area contributed by atoms with Gasteiger partial charge in [0, 0.05) is 26.3 Å². The molecule has 7 nitrogen and oxygen atoms in total. The first-order chi connectivity index (χ1) is 10.4. The third-order valence-electron chi connectivity index (χ3n) is 3.98. The average molecular weight is 309 g/mol. The van der Waals surface area contributed by atoms with Crippen LogP contribution in [0, 0.1) is 0 Å². The number of amides is 1. The molecule has 124 valence electrons. The number of carbonyl (C=O) groups is 1. The van der Waals surface area contributed by atoms with Gasteiger partial charge >= 0.3 is 0 Å². The van der Waals surface area contributed by atoms with Crippen molar-refractivity contribution in [2.24, 2.45) is 7.05 Å². The van der Waals surface area contributed by atoms with Crippen molar-refractivity contribution in [1.82, 2.24) is 19.6 Å². The minimum Gasteiger partial charge on any atom is -0.389 e. The Morgan fingerprint density at radius 2 is 2.23 bits per heavy atom. The lowest BCUT2D eigenvalue weighted by Gasteiger charge is -2.29. The Bertz CT molecular complexity index is 502. The van der Waals surface area contributed by atoms with Crippen molar-refractivity contribution in [3.05, 3.63) is 12.4 Å². The first-order valence-corrected chi connectivity index (χ1v) is 7.74. The molecule has 1 amide bonds. The maximum absolute atomic E-state index is 12.1. The molecular weight excluding hydrogens is 282 g/mol. The van der Waals surface area contributed by atoms with E-state index in [1.165, 1.54) is 0 Å². The molecule has 1 aromatic rings. The number of anilines is 1. The van der Waals surface area contributed by atoms with Crippen LogP contribution >= 0.6 is 0 Å². The van der Waals surface area contributed by atoms with Crippen LogP contribution in [0.25, 0.3) is 0 Å². The summed E-state index contributed by atoms with van der Waals surface area (Å²) in [5.74, 6) is -0.0361. The largest absolute Gasteiger partial charge is 0.389 e. The Hall–Kier alpha value is -1.44. The number of hydrogen-bond donors (Lipinski definition) is 2. The van der Waals surface area contributed by atoms with E-state index in [2.05, 4.69) is 15.3 Å². The fraction of sp³-hybridized carbons (Fsp3) is 0.733. The smallest absolute Gasteiger partial charge is 0.238 e. The third kappa shape index (κ3) is 5.08. The monoisotopic (exact) mass is 309 g/mol. The van der Waals surface area contributed by atoms with Crippen LogP contribution in [0.3, 0.4) is 0 Å². The van der Waals surface area contributed by atoms with Crippen LogP contribution in [0.1, 0.15) is 19.3 Å². The number of nitrogens with zero attached hydrogens (tertiary/aromatic N) is 4. The van der Waals surface area contributed by atoms with E-state index < -0.39 is 5.60 Å². The maximum Gasteiger partial charge on any atom is 0.238 e. The molecule has 1 aliphatic heterocycles. The van der Waals surface area contributed by atoms with Gasteiger partial charge in [-0.25, -0.2) is 0 Å². The molecule has 22 heavy (non-hydrogen) atoms. The van der Waals surface area contributed by atoms with Crippen LogP contribution in [-0.4, -0.2) is 76.5 Å². The number of nitrogens with one attached hydrogen (secondary N) is 1. The van der Waals surface area contributed by atoms with Gasteiger partial charge in [-0.05, 0) is 39.9 Å². The summed E-state index contributed by atoms with van der Waals surface area (Å²) in [7, 11) is 5.76. The van der Waals surface area contributed by atoms with Gasteiger partial charge in [0.1, 0.15) is 0 Å². The van der Waals surface area contributed by atoms with Crippen LogP contribution in [-0.2, 0) is 11.8 Å². The fourth-order valence-corrected chi connectivity index (χ4v) is 3.03. The second kappa shape index (κ2) is 7.21. The standard InChI is InChI=1S/C15H27N5O2/c1-18(2)12-15(22)5-4-7-20(8-6-15)11-14(21)17-13-9-16-19(3)10-13/h9-10,22H,4-8,11-12H2,1-3H3,(H,17,21). The Balaban J connectivity index is 1.82. The molecule has 1 aromatic heterocycles. The van der Waals surface area contributed by atoms with Crippen LogP contribution in [0.4, 0.5) is 5.69 Å². The van der Waals surface area contributed by atoms with E-state index in [-0.39, 0.29) is 5.91 Å². The molecule has 0 aliphatic carbocycles. The van der Waals surface area contributed by atoms with Crippen molar-refractivity contribution in [2.45, 2.75) is 24.9 Å². The number of hydrogen-bond acceptors (Lipinski definition) is 5. The van der Waals surface area contributed by atoms with Crippen molar-refractivity contribution >= 4 is 11.6 Å². The maximum atomic E-state index is 12.1. The summed E-state index contributed by atoms with van der Waals surface area (Å²) in [5.41, 5.74) is 0.0735. The lowest BCUT2D eigenvalue weighted by molar-refractivity contribution is -0.117. The molecule has 2 heterocycles. The van der Waals surface area contributed by atoms with Gasteiger partial charge in [0.05, 0.1) is 24.0 Å². The first kappa shape index (κ1) is 16.9. The lowest BCUT2D eigenvalue weighted by Crippen LogP contribution is -2.41. The van der Waals surface area contributed by atoms with Gasteiger partial charge in [-0.3, -0.25) is 14.4 Å². The van der Waals surface area contributed by atoms with Crippen molar-refractivity contribution in [2.75, 3.05) is 45.6 Å². The van der Waals surface area contributed by atoms with Crippen LogP contribution in [0.5, 0.6) is 0 Å². The Kier molecular flexibility index (Phi) is 5.55. The average Bonchev–Trinajstić information content (AvgIpc) is 2.71. The lowest BCUT2D eigenvalue weighted by atomic mass is 9.94. The number of likely N-dealkylation sites (N-methyl/N-ethyl adjacent to an activating group) is 1. The van der Waals surface area contributed by atoms with Gasteiger partial charge < -0.3 is 15.3 Å². The van der Waals surface area contributed by atoms with E-state index in [0.717, 1.165) is 25.9 Å². The zero-order valence-corrected chi connectivity index (χ0v) is 13.7. The highest BCUT2D eigenvalue weighted by atomic mass is 16.3. The van der Waals surface area contributed by atoms with E-state index in [9.17, 15) is 9.90 Å². The van der Waals surface area contributed by atoms with Gasteiger partial charge in [-0.15, -0.1) is 0 Å². The van der Waals surface area contributed by atoms with Gasteiger partial charge in [0.15, 0.2) is 0 Å². The molecule has 1 unspecified atom stereocenters. The highest BCUT2D eigenvalue weighted by Gasteiger charge is 2.31. The van der Waals surface area contributed by atoms with Gasteiger partial charge in [-0.1, -0.05) is 0 Å². The molecule has 1 fully saturated rings. The molecule has 0 radical (unpaired) electrons. The summed E-state index contributed by atoms with van der Waals surface area (Å²) >= 11 is 0. The van der Waals surface area contributed by atoms with Crippen LogP contribution < -0.4 is 5.32 Å². The normalized spacial score (nSPS) is 23.5. The number of aliphatic hydroxyl groups is 1. The van der Waals surface area contributed by atoms with Crippen molar-refractivity contribution in [3.63, 3.8) is 0 Å². The van der Waals surface area contributed by atoms with Crippen molar-refractivity contribution < 1.29 is 9.90 Å². The molecule has 1 aliphatic rings. The minimum atomic E-state index is -0.641. The number of rotatable bonds is 5. The van der Waals surface area contributed by atoms with Gasteiger partial charge in [0.2, 0.25) is 5.91 Å². The molecule has 0 bridgehead atoms. The SMILES string of the molecule is CN(C)CC1(O)CCCN(CC(=O)Nc2cnn(C)c2)CC1. The summed E-state index contributed by atoms with van der Waals surface area (Å²) < 4.78 is 1.66. The summed E-state index contributed by atoms with van der Waals surface area (Å²) in [5, 5.41) is 17.5. The number of aryl methyl sites for hydroxylation is 1. The summed E-state index contributed by atoms with van der Waals surface area (Å²) in [6.45, 7) is 2.61. The van der Waals surface area contributed by atoms with E-state index in [1.54, 1.807) is 17.1 Å². The predicted octanol–water partition coefficient (Wildman–Crippen LogP) is 0.137. The van der Waals surface area contributed by atoms with E-state index >= 15 is 0 Å². The number of likely N-dealkylation sites (tertiary alicyclic amines) is 1. The molecule has 0 spiro atoms. The third-order valence-corrected chi connectivity index (χ3v) is 3.98. The first-order valence-electron chi connectivity index (χ1n) is 7.74. The van der Waals surface area contributed by atoms with E-state index in [0.29, 0.717) is 25.2 Å². The molecule has 0 saturated carbocycles. The van der Waals surface area contributed by atoms with E-state index in [1.807, 2.05) is 26.0 Å². The quantitative estimate of drug-likeness (QED) is 0.809. The Morgan fingerprint density at radius 1 is 1.45 bits per heavy atom. The fourth-order valence-electron chi connectivity index (χ4n) is 3.03. The predicted molar refractivity (Wildman–Crippen MR) is 85.6 cm³/mol. The minimum absolute atomic E-state index is 0.0361. The van der Waals surface area contributed by atoms with Gasteiger partial charge in [-0.2, -0.15) is 5.10 Å². The molecule has 1 saturated heterocycles. The zero-order chi connectivity index (χ0) is 16.2. The summed E-state index contributed by atoms with van der Waals surface area (Å²) in [6.07, 6.45) is 5.80. The number of carbonyl (C=O) groups excluding carboxylic acids is 1. The van der Waals surface area contributed by atoms with Crippen molar-refractivity contribution in [3.8, 4) is 0 Å². The molecule has 7 heteroatoms.